The van der Waals surface area contributed by atoms with Crippen molar-refractivity contribution in [1.29, 1.82) is 0 Å². The molecule has 0 bridgehead atoms. The zero-order chi connectivity index (χ0) is 13.0. The molecule has 4 heteroatoms. The molecular formula is C14H26N2O2. The normalized spacial score (nSPS) is 32.4. The van der Waals surface area contributed by atoms with Crippen LogP contribution in [-0.2, 0) is 9.53 Å². The number of ether oxygens (including phenoxy) is 1. The minimum atomic E-state index is 0.0565. The molecule has 2 aliphatic rings. The highest BCUT2D eigenvalue weighted by Crippen LogP contribution is 2.25. The van der Waals surface area contributed by atoms with Gasteiger partial charge in [-0.25, -0.2) is 0 Å². The van der Waals surface area contributed by atoms with Gasteiger partial charge >= 0.3 is 0 Å². The largest absolute Gasteiger partial charge is 0.381 e. The first kappa shape index (κ1) is 13.8. The molecule has 3 atom stereocenters. The molecule has 2 rings (SSSR count). The first-order valence-corrected chi connectivity index (χ1v) is 7.34. The van der Waals surface area contributed by atoms with Gasteiger partial charge in [0.2, 0.25) is 5.91 Å². The van der Waals surface area contributed by atoms with Gasteiger partial charge in [-0.1, -0.05) is 12.8 Å². The molecule has 0 aromatic carbocycles. The second-order valence-electron chi connectivity index (χ2n) is 5.66. The topological polar surface area (TPSA) is 55.6 Å². The third kappa shape index (κ3) is 3.23. The SMILES string of the molecule is CCN(CC1CCOC1)C(=O)C1CCCCC1N. The zero-order valence-electron chi connectivity index (χ0n) is 11.4. The molecule has 0 aromatic heterocycles. The lowest BCUT2D eigenvalue weighted by Gasteiger charge is -2.33. The Hall–Kier alpha value is -0.610. The van der Waals surface area contributed by atoms with E-state index in [1.807, 2.05) is 4.90 Å². The van der Waals surface area contributed by atoms with Gasteiger partial charge in [0.15, 0.2) is 0 Å². The number of carbonyl (C=O) groups excluding carboxylic acids is 1. The predicted octanol–water partition coefficient (Wildman–Crippen LogP) is 1.39. The molecule has 104 valence electrons. The summed E-state index contributed by atoms with van der Waals surface area (Å²) in [5.74, 6) is 0.853. The van der Waals surface area contributed by atoms with E-state index in [9.17, 15) is 4.79 Å². The Morgan fingerprint density at radius 3 is 2.72 bits per heavy atom. The molecular weight excluding hydrogens is 228 g/mol. The average molecular weight is 254 g/mol. The highest BCUT2D eigenvalue weighted by molar-refractivity contribution is 5.79. The van der Waals surface area contributed by atoms with Gasteiger partial charge in [0.25, 0.3) is 0 Å². The van der Waals surface area contributed by atoms with Crippen LogP contribution in [0.4, 0.5) is 0 Å². The second-order valence-corrected chi connectivity index (χ2v) is 5.66. The molecule has 1 aliphatic heterocycles. The van der Waals surface area contributed by atoms with Crippen LogP contribution in [0.5, 0.6) is 0 Å². The standard InChI is InChI=1S/C14H26N2O2/c1-2-16(9-11-7-8-18-10-11)14(17)12-5-3-4-6-13(12)15/h11-13H,2-10,15H2,1H3. The summed E-state index contributed by atoms with van der Waals surface area (Å²) in [5.41, 5.74) is 6.11. The molecule has 0 aromatic rings. The molecule has 1 heterocycles. The summed E-state index contributed by atoms with van der Waals surface area (Å²) in [6.07, 6.45) is 5.38. The third-order valence-corrected chi connectivity index (χ3v) is 4.33. The smallest absolute Gasteiger partial charge is 0.227 e. The van der Waals surface area contributed by atoms with Crippen molar-refractivity contribution in [2.75, 3.05) is 26.3 Å². The number of hydrogen-bond acceptors (Lipinski definition) is 3. The van der Waals surface area contributed by atoms with E-state index in [2.05, 4.69) is 6.92 Å². The van der Waals surface area contributed by atoms with Crippen molar-refractivity contribution >= 4 is 5.91 Å². The number of hydrogen-bond donors (Lipinski definition) is 1. The Labute approximate surface area is 110 Å². The number of amides is 1. The first-order valence-electron chi connectivity index (χ1n) is 7.34. The number of carbonyl (C=O) groups is 1. The van der Waals surface area contributed by atoms with Gasteiger partial charge in [0, 0.05) is 31.7 Å². The van der Waals surface area contributed by atoms with Crippen molar-refractivity contribution < 1.29 is 9.53 Å². The van der Waals surface area contributed by atoms with E-state index < -0.39 is 0 Å². The third-order valence-electron chi connectivity index (χ3n) is 4.33. The molecule has 3 unspecified atom stereocenters. The van der Waals surface area contributed by atoms with Gasteiger partial charge < -0.3 is 15.4 Å². The van der Waals surface area contributed by atoms with Crippen molar-refractivity contribution in [2.24, 2.45) is 17.6 Å². The van der Waals surface area contributed by atoms with Gasteiger partial charge in [0.05, 0.1) is 12.5 Å². The van der Waals surface area contributed by atoms with E-state index in [1.165, 1.54) is 6.42 Å². The zero-order valence-corrected chi connectivity index (χ0v) is 11.4. The van der Waals surface area contributed by atoms with E-state index >= 15 is 0 Å². The van der Waals surface area contributed by atoms with Crippen LogP contribution in [0, 0.1) is 11.8 Å². The lowest BCUT2D eigenvalue weighted by Crippen LogP contribution is -2.47. The van der Waals surface area contributed by atoms with Crippen LogP contribution in [-0.4, -0.2) is 43.2 Å². The number of nitrogens with zero attached hydrogens (tertiary/aromatic N) is 1. The summed E-state index contributed by atoms with van der Waals surface area (Å²) in [6, 6.07) is 0.0696. The molecule has 18 heavy (non-hydrogen) atoms. The van der Waals surface area contributed by atoms with Crippen LogP contribution in [0.3, 0.4) is 0 Å². The summed E-state index contributed by atoms with van der Waals surface area (Å²) >= 11 is 0. The Kier molecular flexibility index (Phi) is 5.01. The molecule has 1 saturated carbocycles. The molecule has 0 radical (unpaired) electrons. The fourth-order valence-corrected chi connectivity index (χ4v) is 3.11. The molecule has 1 saturated heterocycles. The Morgan fingerprint density at radius 1 is 1.33 bits per heavy atom. The van der Waals surface area contributed by atoms with Crippen molar-refractivity contribution in [3.63, 3.8) is 0 Å². The Bertz CT molecular complexity index is 277. The quantitative estimate of drug-likeness (QED) is 0.825. The lowest BCUT2D eigenvalue weighted by atomic mass is 9.84. The summed E-state index contributed by atoms with van der Waals surface area (Å²) in [6.45, 7) is 5.35. The van der Waals surface area contributed by atoms with E-state index in [0.717, 1.165) is 52.0 Å². The fraction of sp³-hybridized carbons (Fsp3) is 0.929. The summed E-state index contributed by atoms with van der Waals surface area (Å²) in [4.78, 5) is 14.5. The molecule has 2 N–H and O–H groups in total. The van der Waals surface area contributed by atoms with Crippen LogP contribution in [0.25, 0.3) is 0 Å². The van der Waals surface area contributed by atoms with Crippen LogP contribution < -0.4 is 5.73 Å². The van der Waals surface area contributed by atoms with Gasteiger partial charge in [-0.2, -0.15) is 0 Å². The summed E-state index contributed by atoms with van der Waals surface area (Å²) in [7, 11) is 0. The molecule has 1 amide bonds. The molecule has 4 nitrogen and oxygen atoms in total. The number of nitrogens with two attached hydrogens (primary N) is 1. The summed E-state index contributed by atoms with van der Waals surface area (Å²) < 4.78 is 5.39. The summed E-state index contributed by atoms with van der Waals surface area (Å²) in [5, 5.41) is 0. The van der Waals surface area contributed by atoms with Gasteiger partial charge in [-0.05, 0) is 26.2 Å². The number of rotatable bonds is 4. The molecule has 0 spiro atoms. The van der Waals surface area contributed by atoms with Crippen molar-refractivity contribution in [3.05, 3.63) is 0 Å². The van der Waals surface area contributed by atoms with E-state index in [-0.39, 0.29) is 17.9 Å². The highest BCUT2D eigenvalue weighted by Gasteiger charge is 2.32. The Balaban J connectivity index is 1.91. The highest BCUT2D eigenvalue weighted by atomic mass is 16.5. The van der Waals surface area contributed by atoms with Crippen LogP contribution >= 0.6 is 0 Å². The van der Waals surface area contributed by atoms with Gasteiger partial charge in [0.1, 0.15) is 0 Å². The van der Waals surface area contributed by atoms with Gasteiger partial charge in [-0.3, -0.25) is 4.79 Å². The maximum absolute atomic E-state index is 12.5. The lowest BCUT2D eigenvalue weighted by molar-refractivity contribution is -0.137. The molecule has 2 fully saturated rings. The Morgan fingerprint density at radius 2 is 2.11 bits per heavy atom. The van der Waals surface area contributed by atoms with E-state index in [4.69, 9.17) is 10.5 Å². The second kappa shape index (κ2) is 6.53. The van der Waals surface area contributed by atoms with Crippen molar-refractivity contribution in [1.82, 2.24) is 4.90 Å². The van der Waals surface area contributed by atoms with E-state index in [1.54, 1.807) is 0 Å². The average Bonchev–Trinajstić information content (AvgIpc) is 2.88. The minimum Gasteiger partial charge on any atom is -0.381 e. The maximum Gasteiger partial charge on any atom is 0.227 e. The van der Waals surface area contributed by atoms with Crippen molar-refractivity contribution in [2.45, 2.75) is 45.1 Å². The fourth-order valence-electron chi connectivity index (χ4n) is 3.11. The predicted molar refractivity (Wildman–Crippen MR) is 71.1 cm³/mol. The van der Waals surface area contributed by atoms with Crippen LogP contribution in [0.15, 0.2) is 0 Å². The molecule has 1 aliphatic carbocycles. The van der Waals surface area contributed by atoms with Crippen LogP contribution in [0.1, 0.15) is 39.0 Å². The minimum absolute atomic E-state index is 0.0565. The maximum atomic E-state index is 12.5. The van der Waals surface area contributed by atoms with E-state index in [0.29, 0.717) is 5.92 Å². The van der Waals surface area contributed by atoms with Gasteiger partial charge in [-0.15, -0.1) is 0 Å². The first-order chi connectivity index (χ1) is 8.72. The van der Waals surface area contributed by atoms with Crippen molar-refractivity contribution in [3.8, 4) is 0 Å². The van der Waals surface area contributed by atoms with Crippen LogP contribution in [0.2, 0.25) is 0 Å². The monoisotopic (exact) mass is 254 g/mol.